The highest BCUT2D eigenvalue weighted by Crippen LogP contribution is 2.20. The highest BCUT2D eigenvalue weighted by atomic mass is 15.3. The van der Waals surface area contributed by atoms with E-state index in [-0.39, 0.29) is 0 Å². The number of aryl methyl sites for hydroxylation is 1. The van der Waals surface area contributed by atoms with E-state index in [1.165, 1.54) is 16.7 Å². The molecule has 26 heavy (non-hydrogen) atoms. The first-order valence-corrected chi connectivity index (χ1v) is 9.19. The molecular formula is C22H24N4. The monoisotopic (exact) mass is 344 g/mol. The topological polar surface area (TPSA) is 32.3 Å². The molecule has 3 heterocycles. The summed E-state index contributed by atoms with van der Waals surface area (Å²) in [5.74, 6) is 1.13. The molecule has 0 saturated carbocycles. The summed E-state index contributed by atoms with van der Waals surface area (Å²) in [6.45, 7) is 7.24. The fourth-order valence-electron chi connectivity index (χ4n) is 3.48. The Labute approximate surface area is 155 Å². The molecule has 0 bridgehead atoms. The van der Waals surface area contributed by atoms with Crippen molar-refractivity contribution in [1.82, 2.24) is 14.9 Å². The molecule has 1 aromatic carbocycles. The number of rotatable bonds is 4. The van der Waals surface area contributed by atoms with Gasteiger partial charge in [-0.05, 0) is 30.2 Å². The molecule has 1 aliphatic heterocycles. The average molecular weight is 344 g/mol. The van der Waals surface area contributed by atoms with E-state index in [9.17, 15) is 0 Å². The van der Waals surface area contributed by atoms with Gasteiger partial charge in [-0.15, -0.1) is 0 Å². The van der Waals surface area contributed by atoms with E-state index in [1.807, 2.05) is 36.7 Å². The Morgan fingerprint density at radius 3 is 2.35 bits per heavy atom. The fraction of sp³-hybridized carbons (Fsp3) is 0.273. The van der Waals surface area contributed by atoms with Gasteiger partial charge in [-0.1, -0.05) is 42.5 Å². The lowest BCUT2D eigenvalue weighted by Gasteiger charge is -2.36. The number of piperazine rings is 1. The van der Waals surface area contributed by atoms with Crippen molar-refractivity contribution in [3.63, 3.8) is 0 Å². The summed E-state index contributed by atoms with van der Waals surface area (Å²) in [7, 11) is 0. The fourth-order valence-corrected chi connectivity index (χ4v) is 3.48. The maximum Gasteiger partial charge on any atom is 0.131 e. The Balaban J connectivity index is 1.35. The van der Waals surface area contributed by atoms with Gasteiger partial charge in [-0.25, -0.2) is 4.98 Å². The second-order valence-corrected chi connectivity index (χ2v) is 6.82. The van der Waals surface area contributed by atoms with Gasteiger partial charge in [0.25, 0.3) is 0 Å². The molecular weight excluding hydrogens is 320 g/mol. The second-order valence-electron chi connectivity index (χ2n) is 6.82. The lowest BCUT2D eigenvalue weighted by molar-refractivity contribution is 0.249. The third-order valence-electron chi connectivity index (χ3n) is 4.95. The molecule has 4 heteroatoms. The van der Waals surface area contributed by atoms with Crippen LogP contribution >= 0.6 is 0 Å². The van der Waals surface area contributed by atoms with E-state index in [4.69, 9.17) is 0 Å². The average Bonchev–Trinajstić information content (AvgIpc) is 2.70. The van der Waals surface area contributed by atoms with E-state index in [0.717, 1.165) is 44.2 Å². The molecule has 132 valence electrons. The molecule has 4 nitrogen and oxygen atoms in total. The minimum atomic E-state index is 0.955. The lowest BCUT2D eigenvalue weighted by Crippen LogP contribution is -2.46. The second kappa shape index (κ2) is 7.67. The first kappa shape index (κ1) is 16.7. The minimum Gasteiger partial charge on any atom is -0.354 e. The van der Waals surface area contributed by atoms with Crippen molar-refractivity contribution in [2.45, 2.75) is 13.5 Å². The zero-order valence-electron chi connectivity index (χ0n) is 15.2. The van der Waals surface area contributed by atoms with Crippen molar-refractivity contribution in [3.05, 3.63) is 78.1 Å². The molecule has 0 amide bonds. The summed E-state index contributed by atoms with van der Waals surface area (Å²) in [6, 6.07) is 18.8. The number of hydrogen-bond acceptors (Lipinski definition) is 4. The summed E-state index contributed by atoms with van der Waals surface area (Å²) >= 11 is 0. The minimum absolute atomic E-state index is 0.955. The number of anilines is 1. The lowest BCUT2D eigenvalue weighted by atomic mass is 10.1. The molecule has 0 spiro atoms. The first-order valence-electron chi connectivity index (χ1n) is 9.19. The standard InChI is InChI=1S/C22H24N4/c1-18-6-5-11-23-22(18)26-14-12-25(13-15-26)17-19-9-10-21(24-16-19)20-7-3-2-4-8-20/h2-11,16H,12-15,17H2,1H3. The van der Waals surface area contributed by atoms with Gasteiger partial charge >= 0.3 is 0 Å². The maximum atomic E-state index is 4.64. The van der Waals surface area contributed by atoms with Crippen LogP contribution in [0, 0.1) is 6.92 Å². The van der Waals surface area contributed by atoms with Crippen molar-refractivity contribution in [1.29, 1.82) is 0 Å². The van der Waals surface area contributed by atoms with Crippen LogP contribution in [0.25, 0.3) is 11.3 Å². The van der Waals surface area contributed by atoms with Crippen molar-refractivity contribution >= 4 is 5.82 Å². The van der Waals surface area contributed by atoms with Gasteiger partial charge in [0.2, 0.25) is 0 Å². The van der Waals surface area contributed by atoms with E-state index in [0.29, 0.717) is 0 Å². The molecule has 1 aliphatic rings. The van der Waals surface area contributed by atoms with E-state index in [2.05, 4.69) is 57.0 Å². The largest absolute Gasteiger partial charge is 0.354 e. The number of pyridine rings is 2. The van der Waals surface area contributed by atoms with Gasteiger partial charge in [0.15, 0.2) is 0 Å². The van der Waals surface area contributed by atoms with Crippen LogP contribution in [0.2, 0.25) is 0 Å². The third kappa shape index (κ3) is 3.75. The van der Waals surface area contributed by atoms with Crippen molar-refractivity contribution < 1.29 is 0 Å². The van der Waals surface area contributed by atoms with E-state index in [1.54, 1.807) is 0 Å². The van der Waals surface area contributed by atoms with Crippen LogP contribution in [0.3, 0.4) is 0 Å². The Hall–Kier alpha value is -2.72. The molecule has 4 rings (SSSR count). The van der Waals surface area contributed by atoms with Crippen LogP contribution in [0.5, 0.6) is 0 Å². The molecule has 0 aliphatic carbocycles. The summed E-state index contributed by atoms with van der Waals surface area (Å²) < 4.78 is 0. The predicted octanol–water partition coefficient (Wildman–Crippen LogP) is 3.77. The Morgan fingerprint density at radius 2 is 1.65 bits per heavy atom. The van der Waals surface area contributed by atoms with Crippen LogP contribution in [-0.2, 0) is 6.54 Å². The smallest absolute Gasteiger partial charge is 0.131 e. The van der Waals surface area contributed by atoms with Gasteiger partial charge in [0.05, 0.1) is 5.69 Å². The third-order valence-corrected chi connectivity index (χ3v) is 4.95. The van der Waals surface area contributed by atoms with E-state index >= 15 is 0 Å². The van der Waals surface area contributed by atoms with Gasteiger partial charge in [-0.3, -0.25) is 9.88 Å². The van der Waals surface area contributed by atoms with Gasteiger partial charge in [0, 0.05) is 50.7 Å². The zero-order valence-corrected chi connectivity index (χ0v) is 15.2. The highest BCUT2D eigenvalue weighted by Gasteiger charge is 2.19. The molecule has 3 aromatic rings. The summed E-state index contributed by atoms with van der Waals surface area (Å²) in [6.07, 6.45) is 3.90. The maximum absolute atomic E-state index is 4.64. The molecule has 2 aromatic heterocycles. The van der Waals surface area contributed by atoms with Gasteiger partial charge in [-0.2, -0.15) is 0 Å². The molecule has 0 radical (unpaired) electrons. The number of benzene rings is 1. The van der Waals surface area contributed by atoms with E-state index < -0.39 is 0 Å². The Morgan fingerprint density at radius 1 is 0.846 bits per heavy atom. The number of hydrogen-bond donors (Lipinski definition) is 0. The normalized spacial score (nSPS) is 15.2. The van der Waals surface area contributed by atoms with Crippen LogP contribution < -0.4 is 4.90 Å². The first-order chi connectivity index (χ1) is 12.8. The molecule has 1 saturated heterocycles. The number of nitrogens with zero attached hydrogens (tertiary/aromatic N) is 4. The number of aromatic nitrogens is 2. The summed E-state index contributed by atoms with van der Waals surface area (Å²) in [4.78, 5) is 14.1. The van der Waals surface area contributed by atoms with Gasteiger partial charge in [0.1, 0.15) is 5.82 Å². The van der Waals surface area contributed by atoms with Crippen LogP contribution in [0.4, 0.5) is 5.82 Å². The van der Waals surface area contributed by atoms with Crippen LogP contribution in [0.15, 0.2) is 67.0 Å². The Kier molecular flexibility index (Phi) is 4.93. The molecule has 0 unspecified atom stereocenters. The molecule has 1 fully saturated rings. The van der Waals surface area contributed by atoms with Crippen molar-refractivity contribution in [2.75, 3.05) is 31.1 Å². The van der Waals surface area contributed by atoms with Gasteiger partial charge < -0.3 is 4.90 Å². The Bertz CT molecular complexity index is 838. The predicted molar refractivity (Wildman–Crippen MR) is 106 cm³/mol. The van der Waals surface area contributed by atoms with Crippen LogP contribution in [0.1, 0.15) is 11.1 Å². The zero-order chi connectivity index (χ0) is 17.8. The van der Waals surface area contributed by atoms with Crippen molar-refractivity contribution in [3.8, 4) is 11.3 Å². The molecule has 0 N–H and O–H groups in total. The SMILES string of the molecule is Cc1cccnc1N1CCN(Cc2ccc(-c3ccccc3)nc2)CC1. The molecule has 0 atom stereocenters. The quantitative estimate of drug-likeness (QED) is 0.721. The van der Waals surface area contributed by atoms with Crippen molar-refractivity contribution in [2.24, 2.45) is 0 Å². The summed E-state index contributed by atoms with van der Waals surface area (Å²) in [5, 5.41) is 0. The highest BCUT2D eigenvalue weighted by molar-refractivity contribution is 5.58. The van der Waals surface area contributed by atoms with Crippen LogP contribution in [-0.4, -0.2) is 41.0 Å². The summed E-state index contributed by atoms with van der Waals surface area (Å²) in [5.41, 5.74) is 4.72.